The number of halogens is 1. The molecule has 140 valence electrons. The lowest BCUT2D eigenvalue weighted by Crippen LogP contribution is -2.53. The lowest BCUT2D eigenvalue weighted by Gasteiger charge is -2.36. The van der Waals surface area contributed by atoms with Crippen LogP contribution in [0.5, 0.6) is 0 Å². The summed E-state index contributed by atoms with van der Waals surface area (Å²) in [6, 6.07) is 9.55. The van der Waals surface area contributed by atoms with Crippen LogP contribution in [0.3, 0.4) is 0 Å². The van der Waals surface area contributed by atoms with Crippen molar-refractivity contribution in [2.24, 2.45) is 5.73 Å². The molecule has 2 heterocycles. The van der Waals surface area contributed by atoms with Gasteiger partial charge in [-0.05, 0) is 38.2 Å². The average Bonchev–Trinajstić information content (AvgIpc) is 3.38. The minimum atomic E-state index is -1.03. The Morgan fingerprint density at radius 1 is 1.23 bits per heavy atom. The molecule has 1 amide bonds. The van der Waals surface area contributed by atoms with Crippen molar-refractivity contribution in [3.05, 3.63) is 47.6 Å². The molecule has 0 radical (unpaired) electrons. The van der Waals surface area contributed by atoms with Crippen molar-refractivity contribution >= 4 is 18.3 Å². The molecule has 1 aliphatic carbocycles. The number of rotatable bonds is 4. The van der Waals surface area contributed by atoms with Gasteiger partial charge in [0, 0.05) is 24.9 Å². The van der Waals surface area contributed by atoms with Gasteiger partial charge in [-0.2, -0.15) is 4.98 Å². The van der Waals surface area contributed by atoms with E-state index in [0.29, 0.717) is 12.5 Å². The van der Waals surface area contributed by atoms with E-state index in [4.69, 9.17) is 10.3 Å². The summed E-state index contributed by atoms with van der Waals surface area (Å²) in [5.74, 6) is 2.02. The van der Waals surface area contributed by atoms with Crippen LogP contribution in [0.15, 0.2) is 34.9 Å². The predicted molar refractivity (Wildman–Crippen MR) is 100 cm³/mol. The first kappa shape index (κ1) is 18.9. The minimum absolute atomic E-state index is 0. The second-order valence-electron chi connectivity index (χ2n) is 7.42. The number of nitrogens with two attached hydrogens (primary N) is 1. The molecule has 2 unspecified atom stereocenters. The molecule has 1 saturated carbocycles. The van der Waals surface area contributed by atoms with Gasteiger partial charge in [-0.3, -0.25) is 4.79 Å². The maximum Gasteiger partial charge on any atom is 0.246 e. The molecule has 6 nitrogen and oxygen atoms in total. The summed E-state index contributed by atoms with van der Waals surface area (Å²) in [5.41, 5.74) is 6.21. The Morgan fingerprint density at radius 3 is 2.65 bits per heavy atom. The van der Waals surface area contributed by atoms with Crippen LogP contribution in [-0.2, 0) is 10.3 Å². The topological polar surface area (TPSA) is 85.3 Å². The van der Waals surface area contributed by atoms with Crippen LogP contribution in [0, 0.1) is 0 Å². The monoisotopic (exact) mass is 376 g/mol. The van der Waals surface area contributed by atoms with Crippen LogP contribution < -0.4 is 5.73 Å². The Morgan fingerprint density at radius 2 is 1.96 bits per heavy atom. The number of benzene rings is 1. The second kappa shape index (κ2) is 7.37. The van der Waals surface area contributed by atoms with Crippen molar-refractivity contribution in [3.63, 3.8) is 0 Å². The van der Waals surface area contributed by atoms with Gasteiger partial charge in [0.25, 0.3) is 0 Å². The molecule has 1 aliphatic heterocycles. The zero-order valence-corrected chi connectivity index (χ0v) is 15.7. The normalized spacial score (nSPS) is 22.4. The maximum absolute atomic E-state index is 13.1. The maximum atomic E-state index is 13.1. The number of nitrogens with zero attached hydrogens (tertiary/aromatic N) is 3. The SMILES string of the molecule is CC(N)(C(=O)N1CCCC(c2noc(C3CC3)n2)C1)c1ccccc1.Cl. The van der Waals surface area contributed by atoms with Gasteiger partial charge >= 0.3 is 0 Å². The molecule has 26 heavy (non-hydrogen) atoms. The van der Waals surface area contributed by atoms with Crippen molar-refractivity contribution < 1.29 is 9.32 Å². The van der Waals surface area contributed by atoms with Gasteiger partial charge in [0.15, 0.2) is 5.82 Å². The highest BCUT2D eigenvalue weighted by Gasteiger charge is 2.38. The molecule has 2 aromatic rings. The molecule has 2 atom stereocenters. The number of hydrogen-bond donors (Lipinski definition) is 1. The quantitative estimate of drug-likeness (QED) is 0.886. The summed E-state index contributed by atoms with van der Waals surface area (Å²) in [5, 5.41) is 4.16. The zero-order chi connectivity index (χ0) is 17.4. The van der Waals surface area contributed by atoms with Crippen molar-refractivity contribution in [1.82, 2.24) is 15.0 Å². The highest BCUT2D eigenvalue weighted by Crippen LogP contribution is 2.39. The summed E-state index contributed by atoms with van der Waals surface area (Å²) < 4.78 is 5.38. The third kappa shape index (κ3) is 3.62. The van der Waals surface area contributed by atoms with E-state index in [-0.39, 0.29) is 24.2 Å². The van der Waals surface area contributed by atoms with Gasteiger partial charge < -0.3 is 15.2 Å². The fraction of sp³-hybridized carbons (Fsp3) is 0.526. The van der Waals surface area contributed by atoms with Gasteiger partial charge in [-0.1, -0.05) is 35.5 Å². The molecular weight excluding hydrogens is 352 g/mol. The van der Waals surface area contributed by atoms with Crippen LogP contribution in [0.2, 0.25) is 0 Å². The zero-order valence-electron chi connectivity index (χ0n) is 14.9. The Bertz CT molecular complexity index is 758. The van der Waals surface area contributed by atoms with E-state index in [2.05, 4.69) is 10.1 Å². The van der Waals surface area contributed by atoms with E-state index < -0.39 is 5.54 Å². The fourth-order valence-electron chi connectivity index (χ4n) is 3.52. The molecule has 0 spiro atoms. The summed E-state index contributed by atoms with van der Waals surface area (Å²) in [4.78, 5) is 19.5. The minimum Gasteiger partial charge on any atom is -0.340 e. The number of aromatic nitrogens is 2. The molecule has 2 fully saturated rings. The highest BCUT2D eigenvalue weighted by molar-refractivity contribution is 5.87. The molecule has 1 aromatic heterocycles. The van der Waals surface area contributed by atoms with Crippen molar-refractivity contribution in [2.45, 2.75) is 50.0 Å². The number of amides is 1. The Balaban J connectivity index is 0.00000196. The number of carbonyl (C=O) groups is 1. The molecule has 7 heteroatoms. The van der Waals surface area contributed by atoms with E-state index in [1.165, 1.54) is 0 Å². The smallest absolute Gasteiger partial charge is 0.246 e. The van der Waals surface area contributed by atoms with E-state index in [1.807, 2.05) is 35.2 Å². The van der Waals surface area contributed by atoms with E-state index >= 15 is 0 Å². The summed E-state index contributed by atoms with van der Waals surface area (Å²) in [6.45, 7) is 3.11. The standard InChI is InChI=1S/C19H24N4O2.ClH/c1-19(20,15-7-3-2-4-8-15)18(24)23-11-5-6-14(12-23)16-21-17(25-22-16)13-9-10-13;/h2-4,7-8,13-14H,5-6,9-12,20H2,1H3;1H. The van der Waals surface area contributed by atoms with Crippen molar-refractivity contribution in [1.29, 1.82) is 0 Å². The van der Waals surface area contributed by atoms with Crippen LogP contribution in [0.4, 0.5) is 0 Å². The van der Waals surface area contributed by atoms with E-state index in [9.17, 15) is 4.79 Å². The molecule has 2 aliphatic rings. The molecular formula is C19H25ClN4O2. The number of likely N-dealkylation sites (tertiary alicyclic amines) is 1. The molecule has 1 aromatic carbocycles. The van der Waals surface area contributed by atoms with Gasteiger partial charge in [0.1, 0.15) is 5.54 Å². The number of hydrogen-bond acceptors (Lipinski definition) is 5. The second-order valence-corrected chi connectivity index (χ2v) is 7.42. The van der Waals surface area contributed by atoms with Gasteiger partial charge in [-0.15, -0.1) is 12.4 Å². The molecule has 4 rings (SSSR count). The molecule has 2 N–H and O–H groups in total. The van der Waals surface area contributed by atoms with Crippen LogP contribution in [0.1, 0.15) is 61.7 Å². The predicted octanol–water partition coefficient (Wildman–Crippen LogP) is 2.95. The Labute approximate surface area is 159 Å². The Hall–Kier alpha value is -1.92. The number of piperidine rings is 1. The Kier molecular flexibility index (Phi) is 5.34. The largest absolute Gasteiger partial charge is 0.340 e. The summed E-state index contributed by atoms with van der Waals surface area (Å²) in [7, 11) is 0. The van der Waals surface area contributed by atoms with Crippen LogP contribution in [0.25, 0.3) is 0 Å². The van der Waals surface area contributed by atoms with Crippen molar-refractivity contribution in [2.75, 3.05) is 13.1 Å². The highest BCUT2D eigenvalue weighted by atomic mass is 35.5. The van der Waals surface area contributed by atoms with Crippen LogP contribution >= 0.6 is 12.4 Å². The van der Waals surface area contributed by atoms with E-state index in [1.54, 1.807) is 6.92 Å². The molecule has 0 bridgehead atoms. The first-order valence-electron chi connectivity index (χ1n) is 9.03. The van der Waals surface area contributed by atoms with Gasteiger partial charge in [0.2, 0.25) is 11.8 Å². The molecule has 1 saturated heterocycles. The number of carbonyl (C=O) groups excluding carboxylic acids is 1. The van der Waals surface area contributed by atoms with Gasteiger partial charge in [-0.25, -0.2) is 0 Å². The lowest BCUT2D eigenvalue weighted by molar-refractivity contribution is -0.138. The van der Waals surface area contributed by atoms with Crippen molar-refractivity contribution in [3.8, 4) is 0 Å². The first-order valence-corrected chi connectivity index (χ1v) is 9.03. The van der Waals surface area contributed by atoms with Gasteiger partial charge in [0.05, 0.1) is 0 Å². The third-order valence-electron chi connectivity index (χ3n) is 5.28. The lowest BCUT2D eigenvalue weighted by atomic mass is 9.89. The fourth-order valence-corrected chi connectivity index (χ4v) is 3.52. The van der Waals surface area contributed by atoms with Crippen LogP contribution in [-0.4, -0.2) is 34.0 Å². The third-order valence-corrected chi connectivity index (χ3v) is 5.28. The first-order chi connectivity index (χ1) is 12.1. The summed E-state index contributed by atoms with van der Waals surface area (Å²) >= 11 is 0. The summed E-state index contributed by atoms with van der Waals surface area (Å²) in [6.07, 6.45) is 4.17. The van der Waals surface area contributed by atoms with E-state index in [0.717, 1.165) is 49.5 Å². The average molecular weight is 377 g/mol.